The van der Waals surface area contributed by atoms with Gasteiger partial charge in [-0.2, -0.15) is 0 Å². The van der Waals surface area contributed by atoms with Crippen molar-refractivity contribution in [3.63, 3.8) is 0 Å². The van der Waals surface area contributed by atoms with Crippen LogP contribution >= 0.6 is 0 Å². The summed E-state index contributed by atoms with van der Waals surface area (Å²) in [5.74, 6) is -0.483. The van der Waals surface area contributed by atoms with Gasteiger partial charge in [0.15, 0.2) is 11.4 Å². The zero-order valence-electron chi connectivity index (χ0n) is 14.5. The van der Waals surface area contributed by atoms with Crippen LogP contribution in [0.25, 0.3) is 0 Å². The highest BCUT2D eigenvalue weighted by atomic mass is 16.5. The van der Waals surface area contributed by atoms with Crippen LogP contribution in [0, 0.1) is 0 Å². The Kier molecular flexibility index (Phi) is 5.26. The van der Waals surface area contributed by atoms with Crippen LogP contribution in [-0.4, -0.2) is 36.4 Å². The van der Waals surface area contributed by atoms with Crippen LogP contribution in [0.1, 0.15) is 50.9 Å². The van der Waals surface area contributed by atoms with Crippen molar-refractivity contribution in [3.8, 4) is 5.75 Å². The van der Waals surface area contributed by atoms with Crippen molar-refractivity contribution in [2.45, 2.75) is 46.1 Å². The van der Waals surface area contributed by atoms with Gasteiger partial charge in [-0.3, -0.25) is 19.3 Å². The number of esters is 1. The van der Waals surface area contributed by atoms with Gasteiger partial charge in [0.2, 0.25) is 0 Å². The van der Waals surface area contributed by atoms with Gasteiger partial charge in [0, 0.05) is 5.56 Å². The number of nitrogens with zero attached hydrogens (tertiary/aromatic N) is 1. The number of Topliss-reactive ketones (excluding diaryl/α,β-unsaturated/α-hetero) is 1. The molecule has 0 saturated heterocycles. The predicted molar refractivity (Wildman–Crippen MR) is 89.4 cm³/mol. The first-order chi connectivity index (χ1) is 11.3. The van der Waals surface area contributed by atoms with Crippen LogP contribution in [-0.2, 0) is 14.3 Å². The highest BCUT2D eigenvalue weighted by molar-refractivity contribution is 6.06. The van der Waals surface area contributed by atoms with Crippen molar-refractivity contribution in [2.75, 3.05) is 18.1 Å². The summed E-state index contributed by atoms with van der Waals surface area (Å²) < 4.78 is 10.9. The second-order valence-corrected chi connectivity index (χ2v) is 6.32. The van der Waals surface area contributed by atoms with E-state index in [0.717, 1.165) is 12.8 Å². The molecule has 0 fully saturated rings. The largest absolute Gasteiger partial charge is 0.476 e. The second-order valence-electron chi connectivity index (χ2n) is 6.32. The zero-order valence-corrected chi connectivity index (χ0v) is 14.5. The molecule has 6 heteroatoms. The van der Waals surface area contributed by atoms with E-state index in [1.807, 2.05) is 6.92 Å². The standard InChI is InChI=1S/C18H23NO5/c1-5-6-9-23-16(21)11-19-14-10-13(12(2)20)7-8-15(14)24-18(3,4)17(19)22/h7-8,10H,5-6,9,11H2,1-4H3. The van der Waals surface area contributed by atoms with Gasteiger partial charge in [-0.15, -0.1) is 0 Å². The summed E-state index contributed by atoms with van der Waals surface area (Å²) in [5.41, 5.74) is -0.220. The molecule has 1 aliphatic rings. The highest BCUT2D eigenvalue weighted by Gasteiger charge is 2.42. The Balaban J connectivity index is 2.31. The molecular weight excluding hydrogens is 310 g/mol. The lowest BCUT2D eigenvalue weighted by Gasteiger charge is -2.38. The van der Waals surface area contributed by atoms with Crippen molar-refractivity contribution in [2.24, 2.45) is 0 Å². The minimum Gasteiger partial charge on any atom is -0.476 e. The summed E-state index contributed by atoms with van der Waals surface area (Å²) in [7, 11) is 0. The Morgan fingerprint density at radius 3 is 2.62 bits per heavy atom. The monoisotopic (exact) mass is 333 g/mol. The topological polar surface area (TPSA) is 72.9 Å². The Morgan fingerprint density at radius 1 is 1.29 bits per heavy atom. The molecule has 1 aromatic carbocycles. The van der Waals surface area contributed by atoms with E-state index in [9.17, 15) is 14.4 Å². The van der Waals surface area contributed by atoms with Crippen LogP contribution < -0.4 is 9.64 Å². The lowest BCUT2D eigenvalue weighted by molar-refractivity contribution is -0.144. The minimum absolute atomic E-state index is 0.124. The summed E-state index contributed by atoms with van der Waals surface area (Å²) in [6, 6.07) is 4.87. The smallest absolute Gasteiger partial charge is 0.326 e. The summed E-state index contributed by atoms with van der Waals surface area (Å²) >= 11 is 0. The Hall–Kier alpha value is -2.37. The first-order valence-electron chi connectivity index (χ1n) is 8.08. The number of fused-ring (bicyclic) bond motifs is 1. The highest BCUT2D eigenvalue weighted by Crippen LogP contribution is 2.38. The third kappa shape index (κ3) is 3.75. The number of benzene rings is 1. The van der Waals surface area contributed by atoms with Gasteiger partial charge in [-0.25, -0.2) is 0 Å². The average molecular weight is 333 g/mol. The fourth-order valence-electron chi connectivity index (χ4n) is 2.45. The maximum Gasteiger partial charge on any atom is 0.326 e. The molecule has 1 aromatic rings. The van der Waals surface area contributed by atoms with E-state index in [0.29, 0.717) is 23.6 Å². The molecule has 0 bridgehead atoms. The molecule has 0 spiro atoms. The minimum atomic E-state index is -1.09. The summed E-state index contributed by atoms with van der Waals surface area (Å²) in [6.07, 6.45) is 1.70. The lowest BCUT2D eigenvalue weighted by atomic mass is 10.0. The van der Waals surface area contributed by atoms with Gasteiger partial charge >= 0.3 is 5.97 Å². The molecule has 1 amide bonds. The van der Waals surface area contributed by atoms with Crippen LogP contribution in [0.4, 0.5) is 5.69 Å². The van der Waals surface area contributed by atoms with Crippen molar-refractivity contribution < 1.29 is 23.9 Å². The molecule has 0 unspecified atom stereocenters. The molecule has 0 radical (unpaired) electrons. The van der Waals surface area contributed by atoms with E-state index < -0.39 is 11.6 Å². The fourth-order valence-corrected chi connectivity index (χ4v) is 2.45. The maximum atomic E-state index is 12.7. The number of hydrogen-bond acceptors (Lipinski definition) is 5. The average Bonchev–Trinajstić information content (AvgIpc) is 2.51. The van der Waals surface area contributed by atoms with E-state index in [4.69, 9.17) is 9.47 Å². The van der Waals surface area contributed by atoms with Crippen LogP contribution in [0.5, 0.6) is 5.75 Å². The van der Waals surface area contributed by atoms with Gasteiger partial charge in [0.1, 0.15) is 12.3 Å². The molecule has 0 aliphatic carbocycles. The normalized spacial score (nSPS) is 15.5. The van der Waals surface area contributed by atoms with Crippen molar-refractivity contribution in [1.82, 2.24) is 0 Å². The van der Waals surface area contributed by atoms with Crippen molar-refractivity contribution >= 4 is 23.3 Å². The molecule has 1 aliphatic heterocycles. The van der Waals surface area contributed by atoms with Gasteiger partial charge in [-0.05, 0) is 45.4 Å². The summed E-state index contributed by atoms with van der Waals surface area (Å²) in [5, 5.41) is 0. The number of ether oxygens (including phenoxy) is 2. The zero-order chi connectivity index (χ0) is 17.9. The van der Waals surface area contributed by atoms with E-state index in [1.165, 1.54) is 11.8 Å². The van der Waals surface area contributed by atoms with Crippen molar-refractivity contribution in [3.05, 3.63) is 23.8 Å². The Bertz CT molecular complexity index is 665. The predicted octanol–water partition coefficient (Wildman–Crippen LogP) is 2.74. The number of unbranched alkanes of at least 4 members (excludes halogenated alkanes) is 1. The SMILES string of the molecule is CCCCOC(=O)CN1C(=O)C(C)(C)Oc2ccc(C(C)=O)cc21. The van der Waals surface area contributed by atoms with Gasteiger partial charge < -0.3 is 9.47 Å². The molecule has 0 saturated carbocycles. The molecule has 0 N–H and O–H groups in total. The van der Waals surface area contributed by atoms with E-state index in [2.05, 4.69) is 0 Å². The maximum absolute atomic E-state index is 12.7. The molecule has 6 nitrogen and oxygen atoms in total. The molecule has 2 rings (SSSR count). The number of carbonyl (C=O) groups excluding carboxylic acids is 3. The quantitative estimate of drug-likeness (QED) is 0.455. The van der Waals surface area contributed by atoms with Crippen LogP contribution in [0.15, 0.2) is 18.2 Å². The number of anilines is 1. The molecule has 0 atom stereocenters. The molecule has 24 heavy (non-hydrogen) atoms. The second kappa shape index (κ2) is 7.03. The van der Waals surface area contributed by atoms with Gasteiger partial charge in [0.05, 0.1) is 12.3 Å². The number of rotatable bonds is 6. The van der Waals surface area contributed by atoms with E-state index in [1.54, 1.807) is 32.0 Å². The third-order valence-corrected chi connectivity index (χ3v) is 3.83. The van der Waals surface area contributed by atoms with Gasteiger partial charge in [-0.1, -0.05) is 13.3 Å². The molecule has 0 aromatic heterocycles. The van der Waals surface area contributed by atoms with E-state index in [-0.39, 0.29) is 18.2 Å². The summed E-state index contributed by atoms with van der Waals surface area (Å²) in [4.78, 5) is 37.7. The van der Waals surface area contributed by atoms with E-state index >= 15 is 0 Å². The molecule has 1 heterocycles. The van der Waals surface area contributed by atoms with Crippen molar-refractivity contribution in [1.29, 1.82) is 0 Å². The van der Waals surface area contributed by atoms with Crippen LogP contribution in [0.3, 0.4) is 0 Å². The fraction of sp³-hybridized carbons (Fsp3) is 0.500. The molecular formula is C18H23NO5. The first-order valence-corrected chi connectivity index (χ1v) is 8.08. The molecule has 130 valence electrons. The lowest BCUT2D eigenvalue weighted by Crippen LogP contribution is -2.54. The Morgan fingerprint density at radius 2 is 2.00 bits per heavy atom. The Labute approximate surface area is 141 Å². The number of ketones is 1. The number of hydrogen-bond donors (Lipinski definition) is 0. The summed E-state index contributed by atoms with van der Waals surface area (Å²) in [6.45, 7) is 6.86. The first kappa shape index (κ1) is 18.0. The van der Waals surface area contributed by atoms with Crippen LogP contribution in [0.2, 0.25) is 0 Å². The third-order valence-electron chi connectivity index (χ3n) is 3.83. The number of carbonyl (C=O) groups is 3. The van der Waals surface area contributed by atoms with Gasteiger partial charge in [0.25, 0.3) is 5.91 Å². The number of amides is 1.